The van der Waals surface area contributed by atoms with Gasteiger partial charge in [-0.25, -0.2) is 0 Å². The van der Waals surface area contributed by atoms with Crippen LogP contribution in [0.2, 0.25) is 0 Å². The van der Waals surface area contributed by atoms with Gasteiger partial charge in [0.1, 0.15) is 5.75 Å². The number of nitrogens with one attached hydrogen (secondary N) is 1. The lowest BCUT2D eigenvalue weighted by molar-refractivity contribution is -0.255. The molecule has 5 aromatic carbocycles. The summed E-state index contributed by atoms with van der Waals surface area (Å²) in [6.45, 7) is 1.46. The van der Waals surface area contributed by atoms with Gasteiger partial charge in [-0.3, -0.25) is 9.59 Å². The minimum absolute atomic E-state index is 0.0410. The molecular weight excluding hydrogens is 623 g/mol. The number of anilines is 1. The summed E-state index contributed by atoms with van der Waals surface area (Å²) in [5.41, 5.74) is 5.68. The predicted octanol–water partition coefficient (Wildman–Crippen LogP) is 8.00. The molecule has 8 heteroatoms. The van der Waals surface area contributed by atoms with Gasteiger partial charge >= 0.3 is 0 Å². The standard InChI is InChI=1S/C40H37NO6S/c1-26(43)32-8-5-9-33(23-32)41-37(45)22-27-10-16-31(17-11-27)40-46-36(25-48-35-20-18-34(44)19-21-35)38(29-6-3-2-4-7-29)39(47-40)30-14-12-28(24-42)13-15-30/h2-21,23,36,38-40,42,44H,22,24-25H2,1H3,(H,41,45). The number of ether oxygens (including phenoxy) is 2. The number of phenols is 1. The Balaban J connectivity index is 1.25. The van der Waals surface area contributed by atoms with E-state index < -0.39 is 6.29 Å². The van der Waals surface area contributed by atoms with Crippen LogP contribution in [0.3, 0.4) is 0 Å². The number of hydrogen-bond acceptors (Lipinski definition) is 7. The molecule has 3 N–H and O–H groups in total. The maximum Gasteiger partial charge on any atom is 0.228 e. The predicted molar refractivity (Wildman–Crippen MR) is 187 cm³/mol. The Labute approximate surface area is 284 Å². The van der Waals surface area contributed by atoms with Crippen LogP contribution in [0.15, 0.2) is 132 Å². The Morgan fingerprint density at radius 2 is 1.44 bits per heavy atom. The molecule has 1 heterocycles. The largest absolute Gasteiger partial charge is 0.508 e. The minimum atomic E-state index is -0.671. The Morgan fingerprint density at radius 3 is 2.12 bits per heavy atom. The molecule has 0 aromatic heterocycles. The third-order valence-corrected chi connectivity index (χ3v) is 9.49. The SMILES string of the molecule is CC(=O)c1cccc(NC(=O)Cc2ccc(C3OC(CSc4ccc(O)cc4)C(c4ccccc4)C(c4ccc(CO)cc4)O3)cc2)c1. The monoisotopic (exact) mass is 659 g/mol. The molecule has 4 unspecified atom stereocenters. The van der Waals surface area contributed by atoms with Crippen molar-refractivity contribution in [1.82, 2.24) is 0 Å². The Morgan fingerprint density at radius 1 is 0.750 bits per heavy atom. The van der Waals surface area contributed by atoms with Gasteiger partial charge in [-0.05, 0) is 65.6 Å². The van der Waals surface area contributed by atoms with E-state index in [1.54, 1.807) is 48.2 Å². The minimum Gasteiger partial charge on any atom is -0.508 e. The molecule has 48 heavy (non-hydrogen) atoms. The zero-order chi connectivity index (χ0) is 33.5. The summed E-state index contributed by atoms with van der Waals surface area (Å²) in [7, 11) is 0. The first-order valence-corrected chi connectivity index (χ1v) is 16.8. The fraction of sp³-hybridized carbons (Fsp3) is 0.200. The van der Waals surface area contributed by atoms with Gasteiger partial charge in [-0.2, -0.15) is 0 Å². The Bertz CT molecular complexity index is 1830. The number of hydrogen-bond donors (Lipinski definition) is 3. The zero-order valence-electron chi connectivity index (χ0n) is 26.5. The molecule has 244 valence electrons. The number of phenolic OH excluding ortho intramolecular Hbond substituents is 1. The Kier molecular flexibility index (Phi) is 10.7. The summed E-state index contributed by atoms with van der Waals surface area (Å²) in [6.07, 6.45) is -1.10. The highest BCUT2D eigenvalue weighted by molar-refractivity contribution is 7.99. The van der Waals surface area contributed by atoms with E-state index in [0.29, 0.717) is 17.0 Å². The lowest BCUT2D eigenvalue weighted by atomic mass is 9.84. The van der Waals surface area contributed by atoms with E-state index in [1.165, 1.54) is 6.92 Å². The number of Topliss-reactive ketones (excluding diaryl/α,β-unsaturated/α-hetero) is 1. The van der Waals surface area contributed by atoms with Crippen LogP contribution in [-0.2, 0) is 27.3 Å². The van der Waals surface area contributed by atoms with Crippen LogP contribution in [0.5, 0.6) is 5.75 Å². The molecule has 7 nitrogen and oxygen atoms in total. The number of carbonyl (C=O) groups is 2. The lowest BCUT2D eigenvalue weighted by Crippen LogP contribution is -2.38. The second-order valence-corrected chi connectivity index (χ2v) is 12.9. The molecule has 0 radical (unpaired) electrons. The quantitative estimate of drug-likeness (QED) is 0.0975. The van der Waals surface area contributed by atoms with E-state index in [4.69, 9.17) is 9.47 Å². The van der Waals surface area contributed by atoms with Crippen molar-refractivity contribution >= 4 is 29.1 Å². The summed E-state index contributed by atoms with van der Waals surface area (Å²) in [4.78, 5) is 25.6. The van der Waals surface area contributed by atoms with E-state index in [1.807, 2.05) is 78.9 Å². The van der Waals surface area contributed by atoms with Crippen LogP contribution in [-0.4, -0.2) is 33.8 Å². The number of benzene rings is 5. The highest BCUT2D eigenvalue weighted by Crippen LogP contribution is 2.48. The topological polar surface area (TPSA) is 105 Å². The number of aliphatic hydroxyl groups excluding tert-OH is 1. The summed E-state index contributed by atoms with van der Waals surface area (Å²) in [5.74, 6) is 0.486. The smallest absolute Gasteiger partial charge is 0.228 e. The van der Waals surface area contributed by atoms with Gasteiger partial charge in [-0.15, -0.1) is 11.8 Å². The number of aromatic hydroxyl groups is 1. The van der Waals surface area contributed by atoms with Crippen molar-refractivity contribution in [2.75, 3.05) is 11.1 Å². The molecule has 6 rings (SSSR count). The molecule has 0 saturated carbocycles. The molecule has 1 fully saturated rings. The van der Waals surface area contributed by atoms with E-state index in [9.17, 15) is 19.8 Å². The van der Waals surface area contributed by atoms with E-state index in [-0.39, 0.29) is 48.6 Å². The second-order valence-electron chi connectivity index (χ2n) is 11.8. The number of thioether (sulfide) groups is 1. The van der Waals surface area contributed by atoms with Gasteiger partial charge in [0.25, 0.3) is 0 Å². The third kappa shape index (κ3) is 8.21. The normalized spacial score (nSPS) is 19.0. The van der Waals surface area contributed by atoms with Crippen LogP contribution >= 0.6 is 11.8 Å². The van der Waals surface area contributed by atoms with Gasteiger partial charge in [0.2, 0.25) is 5.91 Å². The summed E-state index contributed by atoms with van der Waals surface area (Å²) < 4.78 is 13.6. The van der Waals surface area contributed by atoms with Gasteiger partial charge in [0.15, 0.2) is 12.1 Å². The maximum atomic E-state index is 12.8. The number of rotatable bonds is 11. The van der Waals surface area contributed by atoms with Crippen LogP contribution < -0.4 is 5.32 Å². The van der Waals surface area contributed by atoms with Crippen molar-refractivity contribution < 1.29 is 29.3 Å². The van der Waals surface area contributed by atoms with Crippen LogP contribution in [0.25, 0.3) is 0 Å². The van der Waals surface area contributed by atoms with Gasteiger partial charge in [0.05, 0.1) is 25.2 Å². The van der Waals surface area contributed by atoms with Crippen LogP contribution in [0.1, 0.15) is 63.4 Å². The highest BCUT2D eigenvalue weighted by Gasteiger charge is 2.41. The molecule has 4 atom stereocenters. The van der Waals surface area contributed by atoms with E-state index in [0.717, 1.165) is 32.7 Å². The van der Waals surface area contributed by atoms with Crippen molar-refractivity contribution in [2.45, 2.75) is 49.3 Å². The van der Waals surface area contributed by atoms with Crippen LogP contribution in [0, 0.1) is 0 Å². The molecule has 1 amide bonds. The summed E-state index contributed by atoms with van der Waals surface area (Å²) in [5, 5.41) is 22.3. The summed E-state index contributed by atoms with van der Waals surface area (Å²) >= 11 is 1.66. The molecule has 0 spiro atoms. The van der Waals surface area contributed by atoms with Crippen molar-refractivity contribution in [1.29, 1.82) is 0 Å². The highest BCUT2D eigenvalue weighted by atomic mass is 32.2. The number of aliphatic hydroxyl groups is 1. The fourth-order valence-corrected chi connectivity index (χ4v) is 6.84. The van der Waals surface area contributed by atoms with Crippen molar-refractivity contribution in [3.63, 3.8) is 0 Å². The molecule has 0 aliphatic carbocycles. The van der Waals surface area contributed by atoms with Gasteiger partial charge in [-0.1, -0.05) is 91.0 Å². The Hall–Kier alpha value is -4.73. The first-order valence-electron chi connectivity index (χ1n) is 15.8. The number of carbonyl (C=O) groups excluding carboxylic acids is 2. The first-order chi connectivity index (χ1) is 23.4. The van der Waals surface area contributed by atoms with E-state index >= 15 is 0 Å². The number of amides is 1. The fourth-order valence-electron chi connectivity index (χ4n) is 5.87. The van der Waals surface area contributed by atoms with Gasteiger partial charge in [0, 0.05) is 33.4 Å². The molecular formula is C40H37NO6S. The third-order valence-electron chi connectivity index (χ3n) is 8.39. The number of ketones is 1. The maximum absolute atomic E-state index is 12.8. The van der Waals surface area contributed by atoms with Crippen molar-refractivity contribution in [3.8, 4) is 5.75 Å². The first kappa shape index (κ1) is 33.2. The zero-order valence-corrected chi connectivity index (χ0v) is 27.3. The van der Waals surface area contributed by atoms with Crippen molar-refractivity contribution in [3.05, 3.63) is 161 Å². The van der Waals surface area contributed by atoms with Crippen LogP contribution in [0.4, 0.5) is 5.69 Å². The van der Waals surface area contributed by atoms with E-state index in [2.05, 4.69) is 17.4 Å². The molecule has 1 saturated heterocycles. The summed E-state index contributed by atoms with van der Waals surface area (Å²) in [6, 6.07) is 39.8. The van der Waals surface area contributed by atoms with Crippen molar-refractivity contribution in [2.24, 2.45) is 0 Å². The average molecular weight is 660 g/mol. The molecule has 0 bridgehead atoms. The van der Waals surface area contributed by atoms with Gasteiger partial charge < -0.3 is 25.0 Å². The lowest BCUT2D eigenvalue weighted by Gasteiger charge is -2.43. The molecule has 5 aromatic rings. The molecule has 1 aliphatic heterocycles. The second kappa shape index (κ2) is 15.4. The molecule has 1 aliphatic rings. The average Bonchev–Trinajstić information content (AvgIpc) is 3.12.